The van der Waals surface area contributed by atoms with E-state index in [0.717, 1.165) is 10.8 Å². The van der Waals surface area contributed by atoms with E-state index in [4.69, 9.17) is 9.47 Å². The van der Waals surface area contributed by atoms with E-state index in [1.807, 2.05) is 0 Å². The van der Waals surface area contributed by atoms with Gasteiger partial charge in [-0.2, -0.15) is 26.3 Å². The molecule has 164 valence electrons. The first-order valence-electron chi connectivity index (χ1n) is 8.82. The second kappa shape index (κ2) is 7.03. The fraction of sp³-hybridized carbons (Fsp3) is 0.200. The number of aromatic nitrogens is 2. The first-order chi connectivity index (χ1) is 14.5. The van der Waals surface area contributed by atoms with Crippen LogP contribution in [0.1, 0.15) is 11.1 Å². The van der Waals surface area contributed by atoms with Crippen molar-refractivity contribution in [2.75, 3.05) is 19.5 Å². The lowest BCUT2D eigenvalue weighted by Crippen LogP contribution is -2.11. The Morgan fingerprint density at radius 2 is 1.32 bits per heavy atom. The van der Waals surface area contributed by atoms with Crippen molar-refractivity contribution in [3.05, 3.63) is 47.5 Å². The number of H-pyrrole nitrogens is 2. The van der Waals surface area contributed by atoms with Crippen LogP contribution in [0, 0.1) is 0 Å². The van der Waals surface area contributed by atoms with Gasteiger partial charge in [0.15, 0.2) is 11.5 Å². The number of nitrogens with one attached hydrogen (secondary N) is 3. The summed E-state index contributed by atoms with van der Waals surface area (Å²) in [6.07, 6.45) is -9.87. The molecule has 0 spiro atoms. The summed E-state index contributed by atoms with van der Waals surface area (Å²) in [6.45, 7) is 0. The molecule has 3 N–H and O–H groups in total. The summed E-state index contributed by atoms with van der Waals surface area (Å²) in [5.74, 6) is 1.16. The van der Waals surface area contributed by atoms with Gasteiger partial charge in [-0.05, 0) is 41.8 Å². The molecule has 0 saturated carbocycles. The van der Waals surface area contributed by atoms with Gasteiger partial charge in [-0.1, -0.05) is 0 Å². The maximum Gasteiger partial charge on any atom is 0.416 e. The summed E-state index contributed by atoms with van der Waals surface area (Å²) in [4.78, 5) is 0. The summed E-state index contributed by atoms with van der Waals surface area (Å²) >= 11 is 0. The first-order valence-corrected chi connectivity index (χ1v) is 8.82. The number of fused-ring (bicyclic) bond motifs is 3. The SMILES string of the molecule is COc1cc2cc3c(Nc4cc(C(F)(F)F)cc(C(F)(F)F)c4)[nH][nH]c-3c2cc1OC. The van der Waals surface area contributed by atoms with Crippen LogP contribution in [0.25, 0.3) is 22.0 Å². The molecular formula is C20H15F6N3O2. The number of anilines is 2. The molecule has 2 aliphatic rings. The Labute approximate surface area is 171 Å². The lowest BCUT2D eigenvalue weighted by atomic mass is 10.1. The quantitative estimate of drug-likeness (QED) is 0.320. The minimum Gasteiger partial charge on any atom is -0.493 e. The Hall–Kier alpha value is -3.50. The number of benzene rings is 2. The van der Waals surface area contributed by atoms with Crippen molar-refractivity contribution in [2.24, 2.45) is 0 Å². The monoisotopic (exact) mass is 443 g/mol. The molecule has 5 nitrogen and oxygen atoms in total. The molecule has 1 aliphatic heterocycles. The summed E-state index contributed by atoms with van der Waals surface area (Å²) in [5, 5.41) is 9.73. The molecule has 11 heteroatoms. The summed E-state index contributed by atoms with van der Waals surface area (Å²) < 4.78 is 89.2. The summed E-state index contributed by atoms with van der Waals surface area (Å²) in [6, 6.07) is 6.49. The molecule has 0 saturated heterocycles. The molecule has 0 amide bonds. The molecule has 0 bridgehead atoms. The van der Waals surface area contributed by atoms with E-state index < -0.39 is 23.5 Å². The Morgan fingerprint density at radius 3 is 1.87 bits per heavy atom. The summed E-state index contributed by atoms with van der Waals surface area (Å²) in [5.41, 5.74) is -2.03. The molecule has 31 heavy (non-hydrogen) atoms. The molecule has 0 atom stereocenters. The van der Waals surface area contributed by atoms with Crippen molar-refractivity contribution in [1.29, 1.82) is 0 Å². The Kier molecular flexibility index (Phi) is 4.71. The lowest BCUT2D eigenvalue weighted by Gasteiger charge is -2.15. The van der Waals surface area contributed by atoms with Crippen LogP contribution in [0.4, 0.5) is 37.8 Å². The van der Waals surface area contributed by atoms with Crippen molar-refractivity contribution in [2.45, 2.75) is 12.4 Å². The number of aromatic amines is 2. The minimum atomic E-state index is -4.93. The zero-order valence-electron chi connectivity index (χ0n) is 16.0. The predicted molar refractivity (Wildman–Crippen MR) is 102 cm³/mol. The maximum atomic E-state index is 13.1. The third kappa shape index (κ3) is 3.71. The Morgan fingerprint density at radius 1 is 0.742 bits per heavy atom. The second-order valence-electron chi connectivity index (χ2n) is 6.77. The van der Waals surface area contributed by atoms with Gasteiger partial charge in [-0.3, -0.25) is 10.2 Å². The van der Waals surface area contributed by atoms with Crippen molar-refractivity contribution >= 4 is 22.3 Å². The van der Waals surface area contributed by atoms with E-state index in [1.54, 1.807) is 18.2 Å². The first kappa shape index (κ1) is 20.8. The van der Waals surface area contributed by atoms with Crippen molar-refractivity contribution in [3.63, 3.8) is 0 Å². The standard InChI is InChI=1S/C20H15F6N3O2/c1-30-15-4-9-3-14-17(13(9)8-16(15)31-2)28-29-18(14)27-12-6-10(19(21,22)23)5-11(7-12)20(24,25)26/h3-8,27-29H,1-2H3. The number of hydrogen-bond donors (Lipinski definition) is 3. The highest BCUT2D eigenvalue weighted by atomic mass is 19.4. The zero-order chi connectivity index (χ0) is 22.6. The molecule has 1 aliphatic carbocycles. The van der Waals surface area contributed by atoms with Crippen LogP contribution in [-0.4, -0.2) is 24.4 Å². The average molecular weight is 443 g/mol. The van der Waals surface area contributed by atoms with Gasteiger partial charge in [-0.15, -0.1) is 0 Å². The van der Waals surface area contributed by atoms with E-state index in [2.05, 4.69) is 15.5 Å². The van der Waals surface area contributed by atoms with Crippen LogP contribution in [0.15, 0.2) is 36.4 Å². The largest absolute Gasteiger partial charge is 0.493 e. The molecule has 1 heterocycles. The van der Waals surface area contributed by atoms with E-state index >= 15 is 0 Å². The van der Waals surface area contributed by atoms with Crippen molar-refractivity contribution in [1.82, 2.24) is 10.2 Å². The van der Waals surface area contributed by atoms with Crippen molar-refractivity contribution in [3.8, 4) is 22.8 Å². The van der Waals surface area contributed by atoms with E-state index in [0.29, 0.717) is 34.9 Å². The third-order valence-electron chi connectivity index (χ3n) is 4.83. The Bertz CT molecular complexity index is 1190. The van der Waals surface area contributed by atoms with Crippen LogP contribution in [0.5, 0.6) is 11.5 Å². The van der Waals surface area contributed by atoms with Crippen LogP contribution in [-0.2, 0) is 12.4 Å². The highest BCUT2D eigenvalue weighted by Gasteiger charge is 2.37. The number of ether oxygens (including phenoxy) is 2. The van der Waals surface area contributed by atoms with E-state index in [-0.39, 0.29) is 17.6 Å². The number of methoxy groups -OCH3 is 2. The second-order valence-corrected chi connectivity index (χ2v) is 6.77. The molecular weight excluding hydrogens is 428 g/mol. The van der Waals surface area contributed by atoms with Gasteiger partial charge >= 0.3 is 12.4 Å². The maximum absolute atomic E-state index is 13.1. The number of halogens is 6. The highest BCUT2D eigenvalue weighted by molar-refractivity contribution is 6.05. The summed E-state index contributed by atoms with van der Waals surface area (Å²) in [7, 11) is 2.95. The van der Waals surface area contributed by atoms with Gasteiger partial charge in [0.25, 0.3) is 0 Å². The van der Waals surface area contributed by atoms with E-state index in [1.165, 1.54) is 14.2 Å². The number of hydrogen-bond acceptors (Lipinski definition) is 3. The number of alkyl halides is 6. The van der Waals surface area contributed by atoms with Crippen LogP contribution in [0.2, 0.25) is 0 Å². The van der Waals surface area contributed by atoms with Gasteiger partial charge < -0.3 is 14.8 Å². The molecule has 0 radical (unpaired) electrons. The zero-order valence-corrected chi connectivity index (χ0v) is 16.0. The Balaban J connectivity index is 1.78. The molecule has 0 fully saturated rings. The smallest absolute Gasteiger partial charge is 0.416 e. The van der Waals surface area contributed by atoms with Gasteiger partial charge in [0.1, 0.15) is 5.82 Å². The van der Waals surface area contributed by atoms with Gasteiger partial charge in [-0.25, -0.2) is 0 Å². The van der Waals surface area contributed by atoms with Gasteiger partial charge in [0, 0.05) is 16.6 Å². The minimum absolute atomic E-state index is 0.0803. The highest BCUT2D eigenvalue weighted by Crippen LogP contribution is 2.44. The van der Waals surface area contributed by atoms with Crippen molar-refractivity contribution < 1.29 is 35.8 Å². The van der Waals surface area contributed by atoms with Crippen LogP contribution in [0.3, 0.4) is 0 Å². The normalized spacial score (nSPS) is 12.5. The molecule has 4 rings (SSSR count). The van der Waals surface area contributed by atoms with Gasteiger partial charge in [0.05, 0.1) is 31.0 Å². The lowest BCUT2D eigenvalue weighted by molar-refractivity contribution is -0.143. The average Bonchev–Trinajstić information content (AvgIpc) is 3.24. The van der Waals surface area contributed by atoms with Crippen LogP contribution >= 0.6 is 0 Å². The van der Waals surface area contributed by atoms with E-state index in [9.17, 15) is 26.3 Å². The molecule has 2 aromatic rings. The molecule has 2 aromatic carbocycles. The van der Waals surface area contributed by atoms with Crippen LogP contribution < -0.4 is 14.8 Å². The third-order valence-corrected chi connectivity index (χ3v) is 4.83. The fourth-order valence-electron chi connectivity index (χ4n) is 3.40. The van der Waals surface area contributed by atoms with Gasteiger partial charge in [0.2, 0.25) is 0 Å². The number of rotatable bonds is 4. The topological polar surface area (TPSA) is 62.1 Å². The fourth-order valence-corrected chi connectivity index (χ4v) is 3.40. The molecule has 0 unspecified atom stereocenters. The molecule has 0 aromatic heterocycles. The predicted octanol–water partition coefficient (Wildman–Crippen LogP) is 6.40.